The van der Waals surface area contributed by atoms with Crippen molar-refractivity contribution in [3.05, 3.63) is 59.7 Å². The zero-order valence-corrected chi connectivity index (χ0v) is 14.7. The van der Waals surface area contributed by atoms with Gasteiger partial charge in [0, 0.05) is 38.1 Å². The monoisotopic (exact) mass is 388 g/mol. The lowest BCUT2D eigenvalue weighted by molar-refractivity contribution is 0.128. The zero-order chi connectivity index (χ0) is 20.4. The van der Waals surface area contributed by atoms with Crippen LogP contribution in [-0.2, 0) is 10.8 Å². The summed E-state index contributed by atoms with van der Waals surface area (Å²) >= 11 is 0. The van der Waals surface area contributed by atoms with Crippen LogP contribution in [-0.4, -0.2) is 22.3 Å². The van der Waals surface area contributed by atoms with E-state index in [9.17, 15) is 17.6 Å². The maximum atomic E-state index is 13.3. The Balaban J connectivity index is 0.000000161. The molecule has 0 N–H and O–H groups in total. The van der Waals surface area contributed by atoms with Crippen molar-refractivity contribution in [3.8, 4) is 12.1 Å². The van der Waals surface area contributed by atoms with Crippen molar-refractivity contribution in [1.29, 1.82) is 10.5 Å². The topological polar surface area (TPSA) is 73.4 Å². The van der Waals surface area contributed by atoms with Crippen LogP contribution in [0.4, 0.5) is 17.6 Å². The smallest absolute Gasteiger partial charge is 0.146 e. The Bertz CT molecular complexity index is 860. The molecule has 144 valence electrons. The molecule has 0 amide bonds. The third kappa shape index (κ3) is 3.43. The number of hydrogen-bond acceptors (Lipinski definition) is 4. The molecule has 4 nitrogen and oxygen atoms in total. The number of nitrogens with zero attached hydrogens (tertiary/aromatic N) is 4. The van der Waals surface area contributed by atoms with Crippen LogP contribution in [0, 0.1) is 34.3 Å². The lowest BCUT2D eigenvalue weighted by Gasteiger charge is -2.37. The minimum atomic E-state index is -1.04. The lowest BCUT2D eigenvalue weighted by atomic mass is 9.66. The zero-order valence-electron chi connectivity index (χ0n) is 14.7. The first-order valence-corrected chi connectivity index (χ1v) is 8.68. The van der Waals surface area contributed by atoms with E-state index >= 15 is 0 Å². The van der Waals surface area contributed by atoms with Crippen LogP contribution in [0.5, 0.6) is 0 Å². The molecule has 0 bridgehead atoms. The fourth-order valence-electron chi connectivity index (χ4n) is 3.54. The van der Waals surface area contributed by atoms with E-state index < -0.39 is 34.8 Å². The van der Waals surface area contributed by atoms with E-state index in [0.29, 0.717) is 0 Å². The van der Waals surface area contributed by atoms with Gasteiger partial charge in [-0.15, -0.1) is 0 Å². The molecule has 0 atom stereocenters. The number of nitriles is 2. The molecule has 0 saturated heterocycles. The second-order valence-corrected chi connectivity index (χ2v) is 7.07. The number of hydrogen-bond donors (Lipinski definition) is 0. The number of aromatic nitrogens is 2. The molecule has 0 aromatic carbocycles. The highest BCUT2D eigenvalue weighted by Gasteiger charge is 2.50. The summed E-state index contributed by atoms with van der Waals surface area (Å²) in [5.74, 6) is -1.05. The predicted octanol–water partition coefficient (Wildman–Crippen LogP) is 4.23. The van der Waals surface area contributed by atoms with E-state index in [1.165, 1.54) is 36.7 Å². The van der Waals surface area contributed by atoms with Crippen LogP contribution in [0.1, 0.15) is 37.1 Å². The Hall–Kier alpha value is -3.00. The summed E-state index contributed by atoms with van der Waals surface area (Å²) in [6.07, 6.45) is 1.04. The van der Waals surface area contributed by atoms with E-state index in [4.69, 9.17) is 10.5 Å². The molecule has 8 heteroatoms. The molecule has 4 rings (SSSR count). The second-order valence-electron chi connectivity index (χ2n) is 7.07. The Morgan fingerprint density at radius 3 is 1.39 bits per heavy atom. The van der Waals surface area contributed by atoms with Crippen molar-refractivity contribution in [2.45, 2.75) is 48.9 Å². The van der Waals surface area contributed by atoms with Gasteiger partial charge in [-0.1, -0.05) is 0 Å². The van der Waals surface area contributed by atoms with Gasteiger partial charge in [-0.05, 0) is 24.3 Å². The standard InChI is InChI=1S/2C10H8F2N2/c2*11-7-4-10(5-7,6-13)9-8(12)2-1-3-14-9/h2*1-3,7H,4-5H2. The van der Waals surface area contributed by atoms with Gasteiger partial charge >= 0.3 is 0 Å². The molecule has 0 spiro atoms. The summed E-state index contributed by atoms with van der Waals surface area (Å²) in [7, 11) is 0. The van der Waals surface area contributed by atoms with Gasteiger partial charge < -0.3 is 0 Å². The molecule has 28 heavy (non-hydrogen) atoms. The summed E-state index contributed by atoms with van der Waals surface area (Å²) in [5, 5.41) is 17.8. The van der Waals surface area contributed by atoms with Crippen molar-refractivity contribution >= 4 is 0 Å². The molecule has 2 saturated carbocycles. The van der Waals surface area contributed by atoms with Gasteiger partial charge in [0.15, 0.2) is 0 Å². The Morgan fingerprint density at radius 1 is 0.786 bits per heavy atom. The third-order valence-corrected chi connectivity index (χ3v) is 5.13. The first kappa shape index (κ1) is 19.8. The van der Waals surface area contributed by atoms with Gasteiger partial charge in [0.05, 0.1) is 23.5 Å². The van der Waals surface area contributed by atoms with E-state index in [0.717, 1.165) is 0 Å². The van der Waals surface area contributed by atoms with Gasteiger partial charge in [0.1, 0.15) is 34.8 Å². The van der Waals surface area contributed by atoms with Crippen LogP contribution in [0.15, 0.2) is 36.7 Å². The molecular weight excluding hydrogens is 372 g/mol. The quantitative estimate of drug-likeness (QED) is 0.722. The number of pyridine rings is 2. The number of halogens is 4. The van der Waals surface area contributed by atoms with Crippen LogP contribution in [0.2, 0.25) is 0 Å². The summed E-state index contributed by atoms with van der Waals surface area (Å²) in [6, 6.07) is 9.31. The second kappa shape index (κ2) is 7.55. The van der Waals surface area contributed by atoms with Crippen molar-refractivity contribution in [3.63, 3.8) is 0 Å². The van der Waals surface area contributed by atoms with Gasteiger partial charge in [-0.25, -0.2) is 17.6 Å². The van der Waals surface area contributed by atoms with Crippen LogP contribution < -0.4 is 0 Å². The van der Waals surface area contributed by atoms with Crippen LogP contribution >= 0.6 is 0 Å². The van der Waals surface area contributed by atoms with Gasteiger partial charge in [-0.3, -0.25) is 9.97 Å². The highest BCUT2D eigenvalue weighted by Crippen LogP contribution is 2.45. The molecule has 2 aliphatic carbocycles. The first-order valence-electron chi connectivity index (χ1n) is 8.68. The summed E-state index contributed by atoms with van der Waals surface area (Å²) in [5.41, 5.74) is -1.91. The largest absolute Gasteiger partial charge is 0.257 e. The highest BCUT2D eigenvalue weighted by molar-refractivity contribution is 5.33. The maximum absolute atomic E-state index is 13.3. The third-order valence-electron chi connectivity index (χ3n) is 5.13. The molecule has 0 radical (unpaired) electrons. The lowest BCUT2D eigenvalue weighted by Crippen LogP contribution is -2.42. The Labute approximate surface area is 159 Å². The maximum Gasteiger partial charge on any atom is 0.146 e. The van der Waals surface area contributed by atoms with Crippen LogP contribution in [0.3, 0.4) is 0 Å². The SMILES string of the molecule is N#CC1(c2ncccc2F)CC(F)C1.N#CC1(c2ncccc2F)CC(F)C1. The fourth-order valence-corrected chi connectivity index (χ4v) is 3.54. The molecule has 2 fully saturated rings. The van der Waals surface area contributed by atoms with E-state index in [-0.39, 0.29) is 37.1 Å². The van der Waals surface area contributed by atoms with Gasteiger partial charge in [0.25, 0.3) is 0 Å². The molecule has 0 unspecified atom stereocenters. The molecule has 2 aromatic rings. The van der Waals surface area contributed by atoms with Gasteiger partial charge in [-0.2, -0.15) is 10.5 Å². The Morgan fingerprint density at radius 2 is 1.14 bits per heavy atom. The van der Waals surface area contributed by atoms with Crippen molar-refractivity contribution in [1.82, 2.24) is 9.97 Å². The van der Waals surface area contributed by atoms with Crippen molar-refractivity contribution in [2.24, 2.45) is 0 Å². The summed E-state index contributed by atoms with van der Waals surface area (Å²) < 4.78 is 52.0. The van der Waals surface area contributed by atoms with Crippen molar-refractivity contribution in [2.75, 3.05) is 0 Å². The number of alkyl halides is 2. The summed E-state index contributed by atoms with van der Waals surface area (Å²) in [6.45, 7) is 0. The van der Waals surface area contributed by atoms with E-state index in [2.05, 4.69) is 9.97 Å². The first-order chi connectivity index (χ1) is 13.4. The highest BCUT2D eigenvalue weighted by atomic mass is 19.1. The fraction of sp³-hybridized carbons (Fsp3) is 0.400. The average molecular weight is 388 g/mol. The molecule has 2 aromatic heterocycles. The average Bonchev–Trinajstić information content (AvgIpc) is 2.64. The van der Waals surface area contributed by atoms with E-state index in [1.807, 2.05) is 12.1 Å². The van der Waals surface area contributed by atoms with E-state index in [1.54, 1.807) is 0 Å². The number of rotatable bonds is 2. The summed E-state index contributed by atoms with van der Waals surface area (Å²) in [4.78, 5) is 7.63. The van der Waals surface area contributed by atoms with Gasteiger partial charge in [0.2, 0.25) is 0 Å². The molecular formula is C20H16F4N4. The molecule has 2 aliphatic rings. The predicted molar refractivity (Wildman–Crippen MR) is 91.2 cm³/mol. The normalized spacial score (nSPS) is 30.5. The minimum Gasteiger partial charge on any atom is -0.257 e. The van der Waals surface area contributed by atoms with Crippen molar-refractivity contribution < 1.29 is 17.6 Å². The Kier molecular flexibility index (Phi) is 5.33. The molecule has 0 aliphatic heterocycles. The molecule has 2 heterocycles. The van der Waals surface area contributed by atoms with Crippen LogP contribution in [0.25, 0.3) is 0 Å². The minimum absolute atomic E-state index is 0.0530.